The lowest BCUT2D eigenvalue weighted by atomic mass is 9.82. The Hall–Kier alpha value is -3.58. The third-order valence-electron chi connectivity index (χ3n) is 7.21. The van der Waals surface area contributed by atoms with Crippen molar-refractivity contribution in [2.24, 2.45) is 0 Å². The van der Waals surface area contributed by atoms with Crippen LogP contribution in [0.4, 0.5) is 13.2 Å². The Bertz CT molecular complexity index is 1300. The van der Waals surface area contributed by atoms with Crippen LogP contribution in [0, 0.1) is 17.5 Å². The van der Waals surface area contributed by atoms with E-state index in [0.717, 1.165) is 32.3 Å². The molecule has 212 valence electrons. The normalized spacial score (nSPS) is 16.9. The number of benzene rings is 3. The average Bonchev–Trinajstić information content (AvgIpc) is 2.96. The monoisotopic (exact) mass is 552 g/mol. The van der Waals surface area contributed by atoms with Crippen LogP contribution in [0.25, 0.3) is 11.1 Å². The van der Waals surface area contributed by atoms with Gasteiger partial charge in [-0.25, -0.2) is 18.0 Å². The Labute approximate surface area is 233 Å². The zero-order valence-corrected chi connectivity index (χ0v) is 22.8. The summed E-state index contributed by atoms with van der Waals surface area (Å²) in [5.41, 5.74) is 1.12. The number of unbranched alkanes of at least 4 members (excludes halogenated alkanes) is 1. The van der Waals surface area contributed by atoms with E-state index >= 15 is 4.39 Å². The molecule has 0 aliphatic heterocycles. The van der Waals surface area contributed by atoms with Crippen molar-refractivity contribution in [2.45, 2.75) is 63.9 Å². The van der Waals surface area contributed by atoms with Crippen molar-refractivity contribution in [1.29, 1.82) is 0 Å². The van der Waals surface area contributed by atoms with Crippen LogP contribution in [0.3, 0.4) is 0 Å². The van der Waals surface area contributed by atoms with Crippen LogP contribution in [0.5, 0.6) is 11.5 Å². The highest BCUT2D eigenvalue weighted by molar-refractivity contribution is 5.91. The highest BCUT2D eigenvalue weighted by Gasteiger charge is 2.28. The second kappa shape index (κ2) is 14.2. The predicted molar refractivity (Wildman–Crippen MR) is 149 cm³/mol. The molecular formula is C33H35F3O4. The lowest BCUT2D eigenvalue weighted by molar-refractivity contribution is 0.0230. The maximum atomic E-state index is 15.0. The van der Waals surface area contributed by atoms with Crippen LogP contribution < -0.4 is 9.47 Å². The SMILES string of the molecule is C=CCCOc1ccc(-c2ccc(OC(=O)c3ccc(C4CCC(OCCCC)CC4)c(F)c3F)cc2)cc1F. The molecule has 0 unspecified atom stereocenters. The van der Waals surface area contributed by atoms with Gasteiger partial charge in [0, 0.05) is 6.61 Å². The van der Waals surface area contributed by atoms with Gasteiger partial charge in [-0.2, -0.15) is 0 Å². The first-order valence-corrected chi connectivity index (χ1v) is 13.9. The van der Waals surface area contributed by atoms with Gasteiger partial charge in [0.1, 0.15) is 5.75 Å². The lowest BCUT2D eigenvalue weighted by Gasteiger charge is -2.29. The number of esters is 1. The lowest BCUT2D eigenvalue weighted by Crippen LogP contribution is -2.22. The molecule has 4 rings (SSSR count). The van der Waals surface area contributed by atoms with Gasteiger partial charge in [-0.05, 0) is 91.5 Å². The van der Waals surface area contributed by atoms with Crippen LogP contribution in [-0.4, -0.2) is 25.3 Å². The van der Waals surface area contributed by atoms with E-state index in [1.807, 2.05) is 0 Å². The molecule has 7 heteroatoms. The molecule has 4 nitrogen and oxygen atoms in total. The van der Waals surface area contributed by atoms with Crippen molar-refractivity contribution in [1.82, 2.24) is 0 Å². The molecule has 3 aromatic carbocycles. The van der Waals surface area contributed by atoms with Gasteiger partial charge >= 0.3 is 5.97 Å². The molecule has 1 aliphatic rings. The van der Waals surface area contributed by atoms with Gasteiger partial charge in [-0.1, -0.05) is 43.7 Å². The van der Waals surface area contributed by atoms with E-state index in [-0.39, 0.29) is 29.1 Å². The second-order valence-corrected chi connectivity index (χ2v) is 10.0. The zero-order valence-electron chi connectivity index (χ0n) is 22.8. The van der Waals surface area contributed by atoms with E-state index in [4.69, 9.17) is 14.2 Å². The van der Waals surface area contributed by atoms with Crippen LogP contribution in [0.15, 0.2) is 67.3 Å². The number of carbonyl (C=O) groups is 1. The van der Waals surface area contributed by atoms with E-state index in [0.29, 0.717) is 37.0 Å². The van der Waals surface area contributed by atoms with Crippen molar-refractivity contribution in [3.63, 3.8) is 0 Å². The van der Waals surface area contributed by atoms with E-state index in [1.54, 1.807) is 30.3 Å². The molecule has 40 heavy (non-hydrogen) atoms. The van der Waals surface area contributed by atoms with E-state index in [2.05, 4.69) is 13.5 Å². The highest BCUT2D eigenvalue weighted by Crippen LogP contribution is 2.36. The summed E-state index contributed by atoms with van der Waals surface area (Å²) >= 11 is 0. The van der Waals surface area contributed by atoms with Gasteiger partial charge in [0.15, 0.2) is 23.2 Å². The molecule has 0 bridgehead atoms. The number of carbonyl (C=O) groups excluding carboxylic acids is 1. The maximum Gasteiger partial charge on any atom is 0.346 e. The molecule has 0 heterocycles. The molecule has 0 saturated heterocycles. The molecule has 0 radical (unpaired) electrons. The Balaban J connectivity index is 1.37. The van der Waals surface area contributed by atoms with Crippen molar-refractivity contribution < 1.29 is 32.2 Å². The minimum atomic E-state index is -1.20. The van der Waals surface area contributed by atoms with Crippen LogP contribution in [-0.2, 0) is 4.74 Å². The minimum absolute atomic E-state index is 0.115. The molecule has 1 aliphatic carbocycles. The predicted octanol–water partition coefficient (Wildman–Crippen LogP) is 8.79. The average molecular weight is 553 g/mol. The van der Waals surface area contributed by atoms with Crippen molar-refractivity contribution in [3.8, 4) is 22.6 Å². The molecule has 0 amide bonds. The Morgan fingerprint density at radius 2 is 1.65 bits per heavy atom. The van der Waals surface area contributed by atoms with Gasteiger partial charge in [-0.3, -0.25) is 0 Å². The summed E-state index contributed by atoms with van der Waals surface area (Å²) in [7, 11) is 0. The van der Waals surface area contributed by atoms with Gasteiger partial charge < -0.3 is 14.2 Å². The molecular weight excluding hydrogens is 517 g/mol. The Kier molecular flexibility index (Phi) is 10.4. The topological polar surface area (TPSA) is 44.8 Å². The molecule has 0 atom stereocenters. The first-order chi connectivity index (χ1) is 19.4. The van der Waals surface area contributed by atoms with Gasteiger partial charge in [0.05, 0.1) is 18.3 Å². The van der Waals surface area contributed by atoms with Crippen LogP contribution >= 0.6 is 0 Å². The van der Waals surface area contributed by atoms with Crippen LogP contribution in [0.1, 0.15) is 73.7 Å². The van der Waals surface area contributed by atoms with Crippen molar-refractivity contribution in [2.75, 3.05) is 13.2 Å². The highest BCUT2D eigenvalue weighted by atomic mass is 19.2. The van der Waals surface area contributed by atoms with Crippen LogP contribution in [0.2, 0.25) is 0 Å². The van der Waals surface area contributed by atoms with E-state index < -0.39 is 29.0 Å². The fraction of sp³-hybridized carbons (Fsp3) is 0.364. The summed E-state index contributed by atoms with van der Waals surface area (Å²) in [5.74, 6) is -3.49. The largest absolute Gasteiger partial charge is 0.490 e. The first-order valence-electron chi connectivity index (χ1n) is 13.9. The molecule has 0 spiro atoms. The van der Waals surface area contributed by atoms with E-state index in [9.17, 15) is 13.6 Å². The summed E-state index contributed by atoms with van der Waals surface area (Å²) in [6.07, 6.45) is 7.57. The third kappa shape index (κ3) is 7.33. The summed E-state index contributed by atoms with van der Waals surface area (Å²) < 4.78 is 60.9. The third-order valence-corrected chi connectivity index (χ3v) is 7.21. The smallest absolute Gasteiger partial charge is 0.346 e. The molecule has 3 aromatic rings. The molecule has 0 aromatic heterocycles. The number of halogens is 3. The quantitative estimate of drug-likeness (QED) is 0.0975. The second-order valence-electron chi connectivity index (χ2n) is 10.0. The van der Waals surface area contributed by atoms with Crippen molar-refractivity contribution in [3.05, 3.63) is 95.8 Å². The fourth-order valence-corrected chi connectivity index (χ4v) is 4.90. The molecule has 1 saturated carbocycles. The standard InChI is InChI=1S/C33H35F3O4/c1-3-5-19-38-25-12-9-23(10-13-25)27-16-17-28(32(36)31(27)35)33(37)40-26-14-7-22(8-15-26)24-11-18-30(29(34)21-24)39-20-6-4-2/h4,7-8,11,14-18,21,23,25H,2-3,5-6,9-10,12-13,19-20H2,1H3. The summed E-state index contributed by atoms with van der Waals surface area (Å²) in [6.45, 7) is 6.78. The zero-order chi connectivity index (χ0) is 28.5. The van der Waals surface area contributed by atoms with Crippen molar-refractivity contribution >= 4 is 5.97 Å². The fourth-order valence-electron chi connectivity index (χ4n) is 4.90. The first kappa shape index (κ1) is 29.4. The Morgan fingerprint density at radius 1 is 0.925 bits per heavy atom. The summed E-state index contributed by atoms with van der Waals surface area (Å²) in [6, 6.07) is 13.7. The minimum Gasteiger partial charge on any atom is -0.490 e. The summed E-state index contributed by atoms with van der Waals surface area (Å²) in [4.78, 5) is 12.7. The Morgan fingerprint density at radius 3 is 2.33 bits per heavy atom. The van der Waals surface area contributed by atoms with E-state index in [1.165, 1.54) is 30.3 Å². The number of hydrogen-bond donors (Lipinski definition) is 0. The number of hydrogen-bond acceptors (Lipinski definition) is 4. The maximum absolute atomic E-state index is 15.0. The number of ether oxygens (including phenoxy) is 3. The molecule has 1 fully saturated rings. The van der Waals surface area contributed by atoms with Gasteiger partial charge in [0.2, 0.25) is 0 Å². The van der Waals surface area contributed by atoms with Gasteiger partial charge in [0.25, 0.3) is 0 Å². The summed E-state index contributed by atoms with van der Waals surface area (Å²) in [5, 5.41) is 0. The van der Waals surface area contributed by atoms with Gasteiger partial charge in [-0.15, -0.1) is 6.58 Å². The number of rotatable bonds is 12. The molecule has 0 N–H and O–H groups in total.